The standard InChI is InChI=1S/C14H16N2/c1-3-12(15-4-2)14-10-9-11-7-5-6-8-13(11)16-14/h3,5-10,12,15H,1,4H2,2H3. The third-order valence-electron chi connectivity index (χ3n) is 2.60. The van der Waals surface area contributed by atoms with Crippen molar-refractivity contribution >= 4 is 10.9 Å². The van der Waals surface area contributed by atoms with Crippen molar-refractivity contribution in [2.75, 3.05) is 6.54 Å². The van der Waals surface area contributed by atoms with Crippen LogP contribution in [0.15, 0.2) is 49.1 Å². The average Bonchev–Trinajstić information content (AvgIpc) is 2.35. The summed E-state index contributed by atoms with van der Waals surface area (Å²) in [5.41, 5.74) is 2.06. The average molecular weight is 212 g/mol. The van der Waals surface area contributed by atoms with Crippen LogP contribution < -0.4 is 5.32 Å². The van der Waals surface area contributed by atoms with Crippen LogP contribution in [0.5, 0.6) is 0 Å². The van der Waals surface area contributed by atoms with Gasteiger partial charge in [-0.1, -0.05) is 37.3 Å². The summed E-state index contributed by atoms with van der Waals surface area (Å²) in [6.07, 6.45) is 1.89. The molecule has 2 rings (SSSR count). The summed E-state index contributed by atoms with van der Waals surface area (Å²) in [5, 5.41) is 4.50. The van der Waals surface area contributed by atoms with E-state index in [1.165, 1.54) is 5.39 Å². The Hall–Kier alpha value is -1.67. The maximum absolute atomic E-state index is 4.63. The molecule has 0 spiro atoms. The molecule has 16 heavy (non-hydrogen) atoms. The van der Waals surface area contributed by atoms with Gasteiger partial charge in [0.15, 0.2) is 0 Å². The van der Waals surface area contributed by atoms with Crippen molar-refractivity contribution in [2.45, 2.75) is 13.0 Å². The number of likely N-dealkylation sites (N-methyl/N-ethyl adjacent to an activating group) is 1. The zero-order valence-corrected chi connectivity index (χ0v) is 9.48. The molecule has 0 bridgehead atoms. The van der Waals surface area contributed by atoms with Gasteiger partial charge in [-0.25, -0.2) is 0 Å². The van der Waals surface area contributed by atoms with Gasteiger partial charge in [-0.15, -0.1) is 6.58 Å². The topological polar surface area (TPSA) is 24.9 Å². The van der Waals surface area contributed by atoms with Crippen molar-refractivity contribution in [3.05, 3.63) is 54.7 Å². The molecular weight excluding hydrogens is 196 g/mol. The zero-order valence-electron chi connectivity index (χ0n) is 9.48. The summed E-state index contributed by atoms with van der Waals surface area (Å²) < 4.78 is 0. The second kappa shape index (κ2) is 4.90. The van der Waals surface area contributed by atoms with Gasteiger partial charge in [0.1, 0.15) is 0 Å². The fraction of sp³-hybridized carbons (Fsp3) is 0.214. The maximum atomic E-state index is 4.63. The summed E-state index contributed by atoms with van der Waals surface area (Å²) in [6.45, 7) is 6.82. The maximum Gasteiger partial charge on any atom is 0.0706 e. The Balaban J connectivity index is 2.41. The van der Waals surface area contributed by atoms with Gasteiger partial charge in [0.2, 0.25) is 0 Å². The van der Waals surface area contributed by atoms with E-state index in [0.29, 0.717) is 0 Å². The number of para-hydroxylation sites is 1. The number of aromatic nitrogens is 1. The molecule has 0 saturated carbocycles. The van der Waals surface area contributed by atoms with Crippen LogP contribution in [0.3, 0.4) is 0 Å². The van der Waals surface area contributed by atoms with Crippen molar-refractivity contribution in [3.8, 4) is 0 Å². The van der Waals surface area contributed by atoms with Gasteiger partial charge in [-0.2, -0.15) is 0 Å². The van der Waals surface area contributed by atoms with E-state index in [1.807, 2.05) is 24.3 Å². The molecule has 2 heteroatoms. The zero-order chi connectivity index (χ0) is 11.4. The van der Waals surface area contributed by atoms with E-state index >= 15 is 0 Å². The molecule has 0 aliphatic carbocycles. The second-order valence-electron chi connectivity index (χ2n) is 3.70. The third-order valence-corrected chi connectivity index (χ3v) is 2.60. The number of nitrogens with one attached hydrogen (secondary N) is 1. The fourth-order valence-corrected chi connectivity index (χ4v) is 1.78. The Labute approximate surface area is 96.0 Å². The normalized spacial score (nSPS) is 12.6. The largest absolute Gasteiger partial charge is 0.306 e. The number of hydrogen-bond acceptors (Lipinski definition) is 2. The molecule has 1 aromatic carbocycles. The summed E-state index contributed by atoms with van der Waals surface area (Å²) in [4.78, 5) is 4.63. The lowest BCUT2D eigenvalue weighted by molar-refractivity contribution is 0.636. The Kier molecular flexibility index (Phi) is 3.32. The van der Waals surface area contributed by atoms with Crippen LogP contribution in [0.4, 0.5) is 0 Å². The van der Waals surface area contributed by atoms with E-state index in [4.69, 9.17) is 0 Å². The van der Waals surface area contributed by atoms with E-state index in [1.54, 1.807) is 0 Å². The highest BCUT2D eigenvalue weighted by molar-refractivity contribution is 5.78. The molecule has 0 aliphatic heterocycles. The van der Waals surface area contributed by atoms with Gasteiger partial charge in [0, 0.05) is 5.39 Å². The number of rotatable bonds is 4. The molecule has 1 aromatic heterocycles. The molecule has 2 nitrogen and oxygen atoms in total. The molecule has 0 radical (unpaired) electrons. The second-order valence-corrected chi connectivity index (χ2v) is 3.70. The first-order chi connectivity index (χ1) is 7.85. The number of hydrogen-bond donors (Lipinski definition) is 1. The SMILES string of the molecule is C=CC(NCC)c1ccc2ccccc2n1. The molecule has 1 N–H and O–H groups in total. The minimum absolute atomic E-state index is 0.134. The Morgan fingerprint density at radius 2 is 2.12 bits per heavy atom. The molecule has 1 unspecified atom stereocenters. The number of benzene rings is 1. The van der Waals surface area contributed by atoms with E-state index in [0.717, 1.165) is 17.8 Å². The first-order valence-corrected chi connectivity index (χ1v) is 5.56. The molecule has 0 saturated heterocycles. The van der Waals surface area contributed by atoms with Gasteiger partial charge in [0.05, 0.1) is 17.3 Å². The number of nitrogens with zero attached hydrogens (tertiary/aromatic N) is 1. The van der Waals surface area contributed by atoms with Crippen LogP contribution in [0.25, 0.3) is 10.9 Å². The molecule has 0 aliphatic rings. The smallest absolute Gasteiger partial charge is 0.0706 e. The highest BCUT2D eigenvalue weighted by Crippen LogP contribution is 2.17. The van der Waals surface area contributed by atoms with Crippen LogP contribution in [-0.4, -0.2) is 11.5 Å². The first kappa shape index (κ1) is 10.8. The molecular formula is C14H16N2. The number of pyridine rings is 1. The molecule has 0 amide bonds. The minimum atomic E-state index is 0.134. The van der Waals surface area contributed by atoms with E-state index in [2.05, 4.69) is 42.0 Å². The van der Waals surface area contributed by atoms with Crippen LogP contribution in [-0.2, 0) is 0 Å². The van der Waals surface area contributed by atoms with E-state index < -0.39 is 0 Å². The third kappa shape index (κ3) is 2.12. The molecule has 82 valence electrons. The van der Waals surface area contributed by atoms with Gasteiger partial charge in [-0.05, 0) is 18.7 Å². The number of fused-ring (bicyclic) bond motifs is 1. The lowest BCUT2D eigenvalue weighted by atomic mass is 10.1. The molecule has 1 atom stereocenters. The van der Waals surface area contributed by atoms with Crippen LogP contribution in [0.2, 0.25) is 0 Å². The predicted octanol–water partition coefficient (Wildman–Crippen LogP) is 3.07. The summed E-state index contributed by atoms with van der Waals surface area (Å²) in [5.74, 6) is 0. The molecule has 1 heterocycles. The quantitative estimate of drug-likeness (QED) is 0.788. The summed E-state index contributed by atoms with van der Waals surface area (Å²) >= 11 is 0. The lowest BCUT2D eigenvalue weighted by Crippen LogP contribution is -2.19. The monoisotopic (exact) mass is 212 g/mol. The van der Waals surface area contributed by atoms with Crippen molar-refractivity contribution in [3.63, 3.8) is 0 Å². The van der Waals surface area contributed by atoms with Crippen LogP contribution in [0, 0.1) is 0 Å². The summed E-state index contributed by atoms with van der Waals surface area (Å²) in [7, 11) is 0. The first-order valence-electron chi connectivity index (χ1n) is 5.56. The van der Waals surface area contributed by atoms with Crippen LogP contribution >= 0.6 is 0 Å². The van der Waals surface area contributed by atoms with Crippen LogP contribution in [0.1, 0.15) is 18.7 Å². The van der Waals surface area contributed by atoms with Gasteiger partial charge < -0.3 is 5.32 Å². The summed E-state index contributed by atoms with van der Waals surface area (Å²) in [6, 6.07) is 12.4. The Morgan fingerprint density at radius 3 is 2.88 bits per heavy atom. The van der Waals surface area contributed by atoms with Crippen molar-refractivity contribution in [1.29, 1.82) is 0 Å². The Morgan fingerprint density at radius 1 is 1.31 bits per heavy atom. The highest BCUT2D eigenvalue weighted by Gasteiger charge is 2.07. The minimum Gasteiger partial charge on any atom is -0.306 e. The van der Waals surface area contributed by atoms with Gasteiger partial charge >= 0.3 is 0 Å². The highest BCUT2D eigenvalue weighted by atomic mass is 14.9. The van der Waals surface area contributed by atoms with Gasteiger partial charge in [-0.3, -0.25) is 4.98 Å². The molecule has 2 aromatic rings. The molecule has 0 fully saturated rings. The van der Waals surface area contributed by atoms with Crippen molar-refractivity contribution in [2.24, 2.45) is 0 Å². The van der Waals surface area contributed by atoms with Crippen molar-refractivity contribution < 1.29 is 0 Å². The predicted molar refractivity (Wildman–Crippen MR) is 68.4 cm³/mol. The Bertz CT molecular complexity index is 491. The lowest BCUT2D eigenvalue weighted by Gasteiger charge is -2.13. The van der Waals surface area contributed by atoms with Gasteiger partial charge in [0.25, 0.3) is 0 Å². The van der Waals surface area contributed by atoms with E-state index in [-0.39, 0.29) is 6.04 Å². The van der Waals surface area contributed by atoms with E-state index in [9.17, 15) is 0 Å². The van der Waals surface area contributed by atoms with Crippen molar-refractivity contribution in [1.82, 2.24) is 10.3 Å². The fourth-order valence-electron chi connectivity index (χ4n) is 1.78.